The molecule has 0 aliphatic heterocycles. The molecular weight excluding hydrogens is 238 g/mol. The van der Waals surface area contributed by atoms with Crippen molar-refractivity contribution in [3.63, 3.8) is 0 Å². The van der Waals surface area contributed by atoms with Gasteiger partial charge in [0.1, 0.15) is 0 Å². The Kier molecular flexibility index (Phi) is 5.45. The van der Waals surface area contributed by atoms with Crippen LogP contribution in [0, 0.1) is 11.8 Å². The van der Waals surface area contributed by atoms with Crippen LogP contribution in [-0.2, 0) is 4.43 Å². The molecule has 0 aromatic carbocycles. The molecule has 2 nitrogen and oxygen atoms in total. The largest absolute Gasteiger partial charge is 0.417 e. The maximum absolute atomic E-state index is 6.34. The second-order valence-electron chi connectivity index (χ2n) is 7.71. The van der Waals surface area contributed by atoms with E-state index in [1.165, 1.54) is 25.7 Å². The van der Waals surface area contributed by atoms with E-state index in [-0.39, 0.29) is 0 Å². The van der Waals surface area contributed by atoms with Crippen LogP contribution in [0.15, 0.2) is 0 Å². The van der Waals surface area contributed by atoms with E-state index in [1.54, 1.807) is 0 Å². The molecule has 18 heavy (non-hydrogen) atoms. The van der Waals surface area contributed by atoms with Gasteiger partial charge in [0.05, 0.1) is 0 Å². The Morgan fingerprint density at radius 1 is 1.17 bits per heavy atom. The summed E-state index contributed by atoms with van der Waals surface area (Å²) in [5.74, 6) is 1.52. The lowest BCUT2D eigenvalue weighted by Crippen LogP contribution is -2.42. The highest BCUT2D eigenvalue weighted by Crippen LogP contribution is 2.38. The van der Waals surface area contributed by atoms with Gasteiger partial charge in [-0.15, -0.1) is 0 Å². The van der Waals surface area contributed by atoms with Gasteiger partial charge in [0.2, 0.25) is 0 Å². The van der Waals surface area contributed by atoms with E-state index in [0.29, 0.717) is 11.1 Å². The Balaban J connectivity index is 2.34. The van der Waals surface area contributed by atoms with Crippen molar-refractivity contribution in [3.05, 3.63) is 0 Å². The topological polar surface area (TPSA) is 35.2 Å². The van der Waals surface area contributed by atoms with E-state index < -0.39 is 8.32 Å². The van der Waals surface area contributed by atoms with Crippen molar-refractivity contribution in [2.45, 2.75) is 77.6 Å². The van der Waals surface area contributed by atoms with Crippen molar-refractivity contribution in [2.24, 2.45) is 17.6 Å². The molecule has 1 unspecified atom stereocenters. The first-order chi connectivity index (χ1) is 8.13. The van der Waals surface area contributed by atoms with E-state index in [4.69, 9.17) is 10.2 Å². The number of nitrogens with two attached hydrogens (primary N) is 1. The van der Waals surface area contributed by atoms with Crippen molar-refractivity contribution in [1.82, 2.24) is 0 Å². The molecule has 0 heterocycles. The predicted octanol–water partition coefficient (Wildman–Crippen LogP) is 4.16. The third-order valence-electron chi connectivity index (χ3n) is 5.12. The molecule has 0 saturated heterocycles. The highest BCUT2D eigenvalue weighted by Gasteiger charge is 2.37. The highest BCUT2D eigenvalue weighted by molar-refractivity contribution is 6.74. The van der Waals surface area contributed by atoms with Gasteiger partial charge in [-0.25, -0.2) is 0 Å². The molecule has 0 radical (unpaired) electrons. The molecule has 0 aromatic rings. The van der Waals surface area contributed by atoms with Crippen LogP contribution in [0.2, 0.25) is 18.1 Å². The first-order valence-corrected chi connectivity index (χ1v) is 10.4. The first-order valence-electron chi connectivity index (χ1n) is 7.53. The Morgan fingerprint density at radius 3 is 2.06 bits per heavy atom. The molecular formula is C15H33NOSi. The number of hydrogen-bond donors (Lipinski definition) is 1. The Morgan fingerprint density at radius 2 is 1.67 bits per heavy atom. The molecule has 0 aromatic heterocycles. The maximum atomic E-state index is 6.34. The quantitative estimate of drug-likeness (QED) is 0.779. The summed E-state index contributed by atoms with van der Waals surface area (Å²) >= 11 is 0. The summed E-state index contributed by atoms with van der Waals surface area (Å²) in [7, 11) is -1.55. The summed E-state index contributed by atoms with van der Waals surface area (Å²) in [5.41, 5.74) is 5.99. The second kappa shape index (κ2) is 6.06. The van der Waals surface area contributed by atoms with E-state index >= 15 is 0 Å². The second-order valence-corrected chi connectivity index (χ2v) is 12.5. The van der Waals surface area contributed by atoms with Crippen molar-refractivity contribution in [3.8, 4) is 0 Å². The Hall–Kier alpha value is 0.137. The smallest absolute Gasteiger partial charge is 0.191 e. The van der Waals surface area contributed by atoms with Gasteiger partial charge in [0.25, 0.3) is 0 Å². The Labute approximate surface area is 115 Å². The van der Waals surface area contributed by atoms with Crippen molar-refractivity contribution >= 4 is 8.32 Å². The van der Waals surface area contributed by atoms with Crippen molar-refractivity contribution in [2.75, 3.05) is 6.61 Å². The molecule has 108 valence electrons. The minimum atomic E-state index is -1.55. The summed E-state index contributed by atoms with van der Waals surface area (Å²) in [6, 6.07) is 0.368. The highest BCUT2D eigenvalue weighted by atomic mass is 28.4. The molecule has 2 N–H and O–H groups in total. The first kappa shape index (κ1) is 16.2. The van der Waals surface area contributed by atoms with Gasteiger partial charge in [0, 0.05) is 12.6 Å². The van der Waals surface area contributed by atoms with Crippen LogP contribution < -0.4 is 5.73 Å². The van der Waals surface area contributed by atoms with E-state index in [2.05, 4.69) is 40.8 Å². The van der Waals surface area contributed by atoms with Gasteiger partial charge in [0.15, 0.2) is 8.32 Å². The van der Waals surface area contributed by atoms with Crippen molar-refractivity contribution in [1.29, 1.82) is 0 Å². The predicted molar refractivity (Wildman–Crippen MR) is 82.2 cm³/mol. The maximum Gasteiger partial charge on any atom is 0.191 e. The lowest BCUT2D eigenvalue weighted by molar-refractivity contribution is 0.163. The lowest BCUT2D eigenvalue weighted by Gasteiger charge is -2.38. The normalized spacial score (nSPS) is 28.2. The van der Waals surface area contributed by atoms with Crippen LogP contribution in [0.3, 0.4) is 0 Å². The zero-order chi connectivity index (χ0) is 14.0. The van der Waals surface area contributed by atoms with Gasteiger partial charge in [-0.05, 0) is 62.6 Å². The van der Waals surface area contributed by atoms with Crippen LogP contribution in [0.25, 0.3) is 0 Å². The van der Waals surface area contributed by atoms with E-state index in [9.17, 15) is 0 Å². The summed E-state index contributed by atoms with van der Waals surface area (Å²) in [6.07, 6.45) is 5.20. The van der Waals surface area contributed by atoms with Crippen LogP contribution in [-0.4, -0.2) is 21.0 Å². The standard InChI is InChI=1S/C15H33NOSi/c1-12(16)14-9-7-13(8-10-14)11-17-18(5,6)15(2,3)4/h12-14H,7-11,16H2,1-6H3. The minimum absolute atomic E-state index is 0.329. The SMILES string of the molecule is CC(N)C1CCC(CO[Si](C)(C)C(C)(C)C)CC1. The van der Waals surface area contributed by atoms with Gasteiger partial charge >= 0.3 is 0 Å². The summed E-state index contributed by atoms with van der Waals surface area (Å²) in [5, 5.41) is 0.329. The lowest BCUT2D eigenvalue weighted by atomic mass is 9.79. The van der Waals surface area contributed by atoms with Gasteiger partial charge in [-0.3, -0.25) is 0 Å². The van der Waals surface area contributed by atoms with Crippen molar-refractivity contribution < 1.29 is 4.43 Å². The average molecular weight is 272 g/mol. The molecule has 1 aliphatic carbocycles. The summed E-state index contributed by atoms with van der Waals surface area (Å²) in [6.45, 7) is 14.8. The summed E-state index contributed by atoms with van der Waals surface area (Å²) < 4.78 is 6.34. The third-order valence-corrected chi connectivity index (χ3v) is 9.62. The molecule has 0 amide bonds. The monoisotopic (exact) mass is 271 g/mol. The zero-order valence-corrected chi connectivity index (χ0v) is 14.3. The Bertz CT molecular complexity index is 250. The molecule has 1 aliphatic rings. The minimum Gasteiger partial charge on any atom is -0.417 e. The molecule has 1 fully saturated rings. The molecule has 1 rings (SSSR count). The van der Waals surface area contributed by atoms with Gasteiger partial charge in [-0.2, -0.15) is 0 Å². The number of hydrogen-bond acceptors (Lipinski definition) is 2. The third kappa shape index (κ3) is 4.36. The van der Waals surface area contributed by atoms with Crippen LogP contribution in [0.4, 0.5) is 0 Å². The fraction of sp³-hybridized carbons (Fsp3) is 1.00. The molecule has 1 saturated carbocycles. The van der Waals surface area contributed by atoms with Crippen LogP contribution in [0.5, 0.6) is 0 Å². The van der Waals surface area contributed by atoms with E-state index in [0.717, 1.165) is 18.4 Å². The number of rotatable bonds is 4. The average Bonchev–Trinajstić information content (AvgIpc) is 2.25. The molecule has 1 atom stereocenters. The van der Waals surface area contributed by atoms with E-state index in [1.807, 2.05) is 0 Å². The fourth-order valence-corrected chi connectivity index (χ4v) is 3.51. The van der Waals surface area contributed by atoms with Gasteiger partial charge in [-0.1, -0.05) is 20.8 Å². The summed E-state index contributed by atoms with van der Waals surface area (Å²) in [4.78, 5) is 0. The fourth-order valence-electron chi connectivity index (χ4n) is 2.42. The molecule has 0 spiro atoms. The van der Waals surface area contributed by atoms with Crippen LogP contribution >= 0.6 is 0 Å². The molecule has 3 heteroatoms. The molecule has 0 bridgehead atoms. The van der Waals surface area contributed by atoms with Gasteiger partial charge < -0.3 is 10.2 Å². The zero-order valence-electron chi connectivity index (χ0n) is 13.3. The van der Waals surface area contributed by atoms with Crippen LogP contribution in [0.1, 0.15) is 53.4 Å².